The molecule has 0 aliphatic carbocycles. The zero-order valence-corrected chi connectivity index (χ0v) is 22.8. The van der Waals surface area contributed by atoms with Crippen LogP contribution in [0, 0.1) is 0 Å². The van der Waals surface area contributed by atoms with Crippen LogP contribution in [0.2, 0.25) is 0 Å². The van der Waals surface area contributed by atoms with Crippen LogP contribution < -0.4 is 39.1 Å². The Hall–Kier alpha value is -2.84. The summed E-state index contributed by atoms with van der Waals surface area (Å²) in [4.78, 5) is 0. The number of methoxy groups -OCH3 is 4. The van der Waals surface area contributed by atoms with Crippen molar-refractivity contribution in [2.75, 3.05) is 54.7 Å². The molecule has 0 radical (unpaired) electrons. The molecule has 202 valence electrons. The van der Waals surface area contributed by atoms with Gasteiger partial charge in [-0.05, 0) is 48.2 Å². The molecule has 0 saturated heterocycles. The van der Waals surface area contributed by atoms with Crippen LogP contribution in [0.4, 0.5) is 0 Å². The van der Waals surface area contributed by atoms with Gasteiger partial charge in [-0.1, -0.05) is 26.7 Å². The van der Waals surface area contributed by atoms with Crippen LogP contribution in [0.5, 0.6) is 34.5 Å². The van der Waals surface area contributed by atoms with Crippen LogP contribution >= 0.6 is 0 Å². The zero-order valence-electron chi connectivity index (χ0n) is 22.8. The minimum atomic E-state index is 0.638. The minimum absolute atomic E-state index is 0.638. The van der Waals surface area contributed by atoms with E-state index in [0.717, 1.165) is 49.9 Å². The fraction of sp³-hybridized carbons (Fsp3) is 0.571. The fourth-order valence-electron chi connectivity index (χ4n) is 3.64. The predicted octanol–water partition coefficient (Wildman–Crippen LogP) is 4.96. The van der Waals surface area contributed by atoms with E-state index in [1.54, 1.807) is 28.4 Å². The van der Waals surface area contributed by atoms with Crippen molar-refractivity contribution in [1.82, 2.24) is 10.6 Å². The molecule has 0 spiro atoms. The third-order valence-electron chi connectivity index (χ3n) is 5.67. The second-order valence-corrected chi connectivity index (χ2v) is 8.42. The quantitative estimate of drug-likeness (QED) is 0.260. The van der Waals surface area contributed by atoms with E-state index in [9.17, 15) is 0 Å². The molecule has 2 rings (SSSR count). The third kappa shape index (κ3) is 8.99. The Morgan fingerprint density at radius 1 is 0.556 bits per heavy atom. The lowest BCUT2D eigenvalue weighted by molar-refractivity contribution is 0.269. The van der Waals surface area contributed by atoms with Crippen molar-refractivity contribution in [2.24, 2.45) is 0 Å². The molecule has 0 aromatic heterocycles. The number of hydrogen-bond donors (Lipinski definition) is 2. The van der Waals surface area contributed by atoms with Gasteiger partial charge in [-0.25, -0.2) is 0 Å². The van der Waals surface area contributed by atoms with E-state index in [4.69, 9.17) is 28.4 Å². The Morgan fingerprint density at radius 2 is 0.889 bits per heavy atom. The molecule has 0 fully saturated rings. The Morgan fingerprint density at radius 3 is 1.17 bits per heavy atom. The van der Waals surface area contributed by atoms with Gasteiger partial charge in [0.2, 0.25) is 11.5 Å². The molecule has 8 heteroatoms. The lowest BCUT2D eigenvalue weighted by Gasteiger charge is -2.17. The average Bonchev–Trinajstić information content (AvgIpc) is 2.91. The number of hydrogen-bond acceptors (Lipinski definition) is 8. The standard InChI is InChI=1S/C28H44N2O6/c1-7-9-13-35-27-23(31-3)15-21(16-24(27)32-4)19-29-11-12-30-20-22-17-25(33-5)28(26(18-22)34-6)36-14-10-8-2/h15-18,29-30H,7-14,19-20H2,1-6H3. The molecule has 0 unspecified atom stereocenters. The molecule has 0 amide bonds. The number of unbranched alkanes of at least 4 members (excludes halogenated alkanes) is 2. The SMILES string of the molecule is CCCCOc1c(OC)cc(CNCCNCc2cc(OC)c(OCCCC)c(OC)c2)cc1OC. The van der Waals surface area contributed by atoms with E-state index in [1.807, 2.05) is 24.3 Å². The van der Waals surface area contributed by atoms with Crippen molar-refractivity contribution in [3.05, 3.63) is 35.4 Å². The van der Waals surface area contributed by atoms with Crippen LogP contribution in [0.25, 0.3) is 0 Å². The summed E-state index contributed by atoms with van der Waals surface area (Å²) in [5, 5.41) is 6.92. The Kier molecular flexibility index (Phi) is 13.7. The van der Waals surface area contributed by atoms with Gasteiger partial charge in [0, 0.05) is 26.2 Å². The first kappa shape index (κ1) is 29.4. The summed E-state index contributed by atoms with van der Waals surface area (Å²) >= 11 is 0. The summed E-state index contributed by atoms with van der Waals surface area (Å²) in [5.74, 6) is 4.06. The molecule has 8 nitrogen and oxygen atoms in total. The lowest BCUT2D eigenvalue weighted by atomic mass is 10.1. The van der Waals surface area contributed by atoms with E-state index >= 15 is 0 Å². The Labute approximate surface area is 216 Å². The third-order valence-corrected chi connectivity index (χ3v) is 5.67. The monoisotopic (exact) mass is 504 g/mol. The topological polar surface area (TPSA) is 79.4 Å². The van der Waals surface area contributed by atoms with Gasteiger partial charge in [-0.15, -0.1) is 0 Å². The lowest BCUT2D eigenvalue weighted by Crippen LogP contribution is -2.26. The average molecular weight is 505 g/mol. The van der Waals surface area contributed by atoms with E-state index in [2.05, 4.69) is 24.5 Å². The van der Waals surface area contributed by atoms with Crippen LogP contribution in [-0.2, 0) is 13.1 Å². The van der Waals surface area contributed by atoms with E-state index < -0.39 is 0 Å². The highest BCUT2D eigenvalue weighted by atomic mass is 16.5. The maximum absolute atomic E-state index is 5.90. The summed E-state index contributed by atoms with van der Waals surface area (Å²) in [5.41, 5.74) is 2.14. The first-order chi connectivity index (χ1) is 17.6. The van der Waals surface area contributed by atoms with Crippen LogP contribution in [-0.4, -0.2) is 54.7 Å². The summed E-state index contributed by atoms with van der Waals surface area (Å²) in [6.07, 6.45) is 4.11. The van der Waals surface area contributed by atoms with Gasteiger partial charge in [-0.2, -0.15) is 0 Å². The molecule has 0 heterocycles. The highest BCUT2D eigenvalue weighted by Crippen LogP contribution is 2.39. The smallest absolute Gasteiger partial charge is 0.203 e. The first-order valence-corrected chi connectivity index (χ1v) is 12.8. The van der Waals surface area contributed by atoms with Crippen LogP contribution in [0.15, 0.2) is 24.3 Å². The highest BCUT2D eigenvalue weighted by Gasteiger charge is 2.15. The van der Waals surface area contributed by atoms with Crippen molar-refractivity contribution in [1.29, 1.82) is 0 Å². The van der Waals surface area contributed by atoms with Crippen molar-refractivity contribution in [3.8, 4) is 34.5 Å². The van der Waals surface area contributed by atoms with E-state index in [0.29, 0.717) is 60.8 Å². The van der Waals surface area contributed by atoms with Gasteiger partial charge in [0.15, 0.2) is 23.0 Å². The second kappa shape index (κ2) is 16.8. The summed E-state index contributed by atoms with van der Waals surface area (Å²) < 4.78 is 34.0. The maximum Gasteiger partial charge on any atom is 0.203 e. The summed E-state index contributed by atoms with van der Waals surface area (Å²) in [6.45, 7) is 8.52. The molecule has 2 N–H and O–H groups in total. The molecule has 0 bridgehead atoms. The largest absolute Gasteiger partial charge is 0.493 e. The van der Waals surface area contributed by atoms with Gasteiger partial charge in [0.1, 0.15) is 0 Å². The Balaban J connectivity index is 1.87. The number of rotatable bonds is 19. The molecule has 2 aromatic carbocycles. The predicted molar refractivity (Wildman–Crippen MR) is 143 cm³/mol. The number of nitrogens with one attached hydrogen (secondary N) is 2. The molecule has 0 saturated carbocycles. The normalized spacial score (nSPS) is 10.7. The Bertz CT molecular complexity index is 782. The maximum atomic E-state index is 5.90. The highest BCUT2D eigenvalue weighted by molar-refractivity contribution is 5.54. The molecule has 0 aliphatic heterocycles. The van der Waals surface area contributed by atoms with Gasteiger partial charge in [0.05, 0.1) is 41.7 Å². The molecule has 0 atom stereocenters. The van der Waals surface area contributed by atoms with Crippen molar-refractivity contribution in [2.45, 2.75) is 52.6 Å². The molecular weight excluding hydrogens is 460 g/mol. The molecule has 0 aliphatic rings. The molecule has 36 heavy (non-hydrogen) atoms. The van der Waals surface area contributed by atoms with Gasteiger partial charge in [0.25, 0.3) is 0 Å². The van der Waals surface area contributed by atoms with E-state index in [-0.39, 0.29) is 0 Å². The van der Waals surface area contributed by atoms with Crippen molar-refractivity contribution < 1.29 is 28.4 Å². The van der Waals surface area contributed by atoms with Crippen molar-refractivity contribution in [3.63, 3.8) is 0 Å². The zero-order chi connectivity index (χ0) is 26.2. The number of benzene rings is 2. The van der Waals surface area contributed by atoms with E-state index in [1.165, 1.54) is 0 Å². The van der Waals surface area contributed by atoms with Crippen LogP contribution in [0.1, 0.15) is 50.7 Å². The minimum Gasteiger partial charge on any atom is -0.493 e. The number of ether oxygens (including phenoxy) is 6. The summed E-state index contributed by atoms with van der Waals surface area (Å²) in [7, 11) is 6.60. The summed E-state index contributed by atoms with van der Waals surface area (Å²) in [6, 6.07) is 7.97. The second-order valence-electron chi connectivity index (χ2n) is 8.42. The van der Waals surface area contributed by atoms with Gasteiger partial charge >= 0.3 is 0 Å². The molecule has 2 aromatic rings. The van der Waals surface area contributed by atoms with Crippen LogP contribution in [0.3, 0.4) is 0 Å². The van der Waals surface area contributed by atoms with Gasteiger partial charge in [-0.3, -0.25) is 0 Å². The van der Waals surface area contributed by atoms with Gasteiger partial charge < -0.3 is 39.1 Å². The first-order valence-electron chi connectivity index (χ1n) is 12.8. The van der Waals surface area contributed by atoms with Crippen molar-refractivity contribution >= 4 is 0 Å². The fourth-order valence-corrected chi connectivity index (χ4v) is 3.64. The molecular formula is C28H44N2O6.